The summed E-state index contributed by atoms with van der Waals surface area (Å²) in [6.45, 7) is 1.60. The predicted molar refractivity (Wildman–Crippen MR) is 68.5 cm³/mol. The summed E-state index contributed by atoms with van der Waals surface area (Å²) in [5.74, 6) is -0.0850. The highest BCUT2D eigenvalue weighted by atomic mass is 35.5. The standard InChI is InChI=1S/C11H16ClNO3S/c1-9(10-5-2-3-6-11(10)12)13-17(15,16)8-4-7-14/h2-3,5-6,9,13-14H,4,7-8H2,1H3. The Kier molecular flexibility index (Phi) is 5.39. The molecule has 0 amide bonds. The molecule has 1 atom stereocenters. The van der Waals surface area contributed by atoms with Crippen molar-refractivity contribution >= 4 is 21.6 Å². The van der Waals surface area contributed by atoms with E-state index in [1.165, 1.54) is 0 Å². The topological polar surface area (TPSA) is 66.4 Å². The molecule has 1 unspecified atom stereocenters. The van der Waals surface area contributed by atoms with Crippen LogP contribution in [0.15, 0.2) is 24.3 Å². The molecule has 0 aromatic heterocycles. The van der Waals surface area contributed by atoms with Crippen molar-refractivity contribution < 1.29 is 13.5 Å². The Bertz CT molecular complexity index is 462. The first-order valence-corrected chi connectivity index (χ1v) is 7.34. The number of halogens is 1. The third kappa shape index (κ3) is 4.63. The van der Waals surface area contributed by atoms with E-state index in [9.17, 15) is 8.42 Å². The number of benzene rings is 1. The lowest BCUT2D eigenvalue weighted by molar-refractivity contribution is 0.295. The molecule has 1 aromatic carbocycles. The Labute approximate surface area is 107 Å². The average Bonchev–Trinajstić information content (AvgIpc) is 2.26. The maximum Gasteiger partial charge on any atom is 0.212 e. The lowest BCUT2D eigenvalue weighted by Crippen LogP contribution is -2.29. The van der Waals surface area contributed by atoms with E-state index < -0.39 is 10.0 Å². The van der Waals surface area contributed by atoms with Gasteiger partial charge in [0, 0.05) is 17.7 Å². The van der Waals surface area contributed by atoms with Crippen molar-refractivity contribution in [2.45, 2.75) is 19.4 Å². The van der Waals surface area contributed by atoms with Gasteiger partial charge >= 0.3 is 0 Å². The number of hydrogen-bond acceptors (Lipinski definition) is 3. The van der Waals surface area contributed by atoms with E-state index in [1.54, 1.807) is 31.2 Å². The van der Waals surface area contributed by atoms with Gasteiger partial charge in [0.25, 0.3) is 0 Å². The maximum absolute atomic E-state index is 11.6. The second-order valence-corrected chi connectivity index (χ2v) is 6.04. The van der Waals surface area contributed by atoms with E-state index in [0.717, 1.165) is 5.56 Å². The molecular formula is C11H16ClNO3S. The first-order valence-electron chi connectivity index (χ1n) is 5.31. The van der Waals surface area contributed by atoms with E-state index >= 15 is 0 Å². The number of hydrogen-bond donors (Lipinski definition) is 2. The van der Waals surface area contributed by atoms with E-state index in [0.29, 0.717) is 5.02 Å². The SMILES string of the molecule is CC(NS(=O)(=O)CCCO)c1ccccc1Cl. The minimum absolute atomic E-state index is 0.0850. The van der Waals surface area contributed by atoms with Gasteiger partial charge < -0.3 is 5.11 Å². The summed E-state index contributed by atoms with van der Waals surface area (Å²) < 4.78 is 25.8. The zero-order valence-electron chi connectivity index (χ0n) is 9.56. The second-order valence-electron chi connectivity index (χ2n) is 3.76. The van der Waals surface area contributed by atoms with Crippen LogP contribution in [0.5, 0.6) is 0 Å². The minimum atomic E-state index is -3.38. The van der Waals surface area contributed by atoms with Gasteiger partial charge in [-0.2, -0.15) is 0 Å². The van der Waals surface area contributed by atoms with Gasteiger partial charge in [-0.05, 0) is 25.0 Å². The molecule has 0 aliphatic rings. The van der Waals surface area contributed by atoms with Crippen LogP contribution in [-0.2, 0) is 10.0 Å². The van der Waals surface area contributed by atoms with Crippen LogP contribution in [-0.4, -0.2) is 25.9 Å². The normalized spacial score (nSPS) is 13.6. The minimum Gasteiger partial charge on any atom is -0.396 e. The van der Waals surface area contributed by atoms with Crippen molar-refractivity contribution in [1.82, 2.24) is 4.72 Å². The molecule has 0 heterocycles. The largest absolute Gasteiger partial charge is 0.396 e. The van der Waals surface area contributed by atoms with Gasteiger partial charge in [-0.25, -0.2) is 13.1 Å². The number of aliphatic hydroxyl groups is 1. The van der Waals surface area contributed by atoms with Gasteiger partial charge in [0.15, 0.2) is 0 Å². The Balaban J connectivity index is 2.73. The van der Waals surface area contributed by atoms with E-state index in [1.807, 2.05) is 0 Å². The summed E-state index contributed by atoms with van der Waals surface area (Å²) in [7, 11) is -3.38. The molecule has 17 heavy (non-hydrogen) atoms. The Morgan fingerprint density at radius 2 is 2.06 bits per heavy atom. The summed E-state index contributed by atoms with van der Waals surface area (Å²) in [5, 5.41) is 9.14. The lowest BCUT2D eigenvalue weighted by Gasteiger charge is -2.15. The summed E-state index contributed by atoms with van der Waals surface area (Å²) >= 11 is 5.98. The molecule has 96 valence electrons. The summed E-state index contributed by atoms with van der Waals surface area (Å²) in [4.78, 5) is 0. The van der Waals surface area contributed by atoms with Crippen LogP contribution < -0.4 is 4.72 Å². The molecule has 0 radical (unpaired) electrons. The molecule has 1 aromatic rings. The van der Waals surface area contributed by atoms with Crippen molar-refractivity contribution in [3.8, 4) is 0 Å². The zero-order valence-corrected chi connectivity index (χ0v) is 11.1. The molecule has 0 bridgehead atoms. The molecule has 4 nitrogen and oxygen atoms in total. The monoisotopic (exact) mass is 277 g/mol. The van der Waals surface area contributed by atoms with Gasteiger partial charge in [-0.3, -0.25) is 0 Å². The maximum atomic E-state index is 11.6. The number of aliphatic hydroxyl groups excluding tert-OH is 1. The molecule has 0 aliphatic heterocycles. The van der Waals surface area contributed by atoms with Crippen molar-refractivity contribution in [1.29, 1.82) is 0 Å². The number of rotatable bonds is 6. The van der Waals surface area contributed by atoms with Gasteiger partial charge in [-0.1, -0.05) is 29.8 Å². The highest BCUT2D eigenvalue weighted by molar-refractivity contribution is 7.89. The van der Waals surface area contributed by atoms with Crippen LogP contribution in [0.3, 0.4) is 0 Å². The number of nitrogens with one attached hydrogen (secondary N) is 1. The fourth-order valence-corrected chi connectivity index (χ4v) is 3.06. The fourth-order valence-electron chi connectivity index (χ4n) is 1.47. The first-order chi connectivity index (χ1) is 7.96. The first kappa shape index (κ1) is 14.4. The predicted octanol–water partition coefficient (Wildman–Crippen LogP) is 1.70. The summed E-state index contributed by atoms with van der Waals surface area (Å²) in [5.41, 5.74) is 0.738. The zero-order chi connectivity index (χ0) is 12.9. The highest BCUT2D eigenvalue weighted by Gasteiger charge is 2.16. The smallest absolute Gasteiger partial charge is 0.212 e. The molecule has 2 N–H and O–H groups in total. The third-order valence-corrected chi connectivity index (χ3v) is 4.18. The van der Waals surface area contributed by atoms with Crippen molar-refractivity contribution in [3.05, 3.63) is 34.9 Å². The molecule has 0 saturated heterocycles. The van der Waals surface area contributed by atoms with Gasteiger partial charge in [0.05, 0.1) is 5.75 Å². The van der Waals surface area contributed by atoms with E-state index in [-0.39, 0.29) is 24.8 Å². The van der Waals surface area contributed by atoms with Crippen molar-refractivity contribution in [2.24, 2.45) is 0 Å². The Morgan fingerprint density at radius 1 is 1.41 bits per heavy atom. The molecule has 0 spiro atoms. The van der Waals surface area contributed by atoms with Gasteiger partial charge in [0.2, 0.25) is 10.0 Å². The molecule has 0 aliphatic carbocycles. The average molecular weight is 278 g/mol. The molecule has 6 heteroatoms. The van der Waals surface area contributed by atoms with Crippen LogP contribution in [0.1, 0.15) is 24.9 Å². The van der Waals surface area contributed by atoms with Crippen LogP contribution in [0.25, 0.3) is 0 Å². The Hall–Kier alpha value is -0.620. The second kappa shape index (κ2) is 6.35. The van der Waals surface area contributed by atoms with Crippen molar-refractivity contribution in [2.75, 3.05) is 12.4 Å². The highest BCUT2D eigenvalue weighted by Crippen LogP contribution is 2.22. The quantitative estimate of drug-likeness (QED) is 0.832. The Morgan fingerprint density at radius 3 is 2.65 bits per heavy atom. The van der Waals surface area contributed by atoms with Crippen LogP contribution in [0.2, 0.25) is 5.02 Å². The molecule has 0 fully saturated rings. The van der Waals surface area contributed by atoms with Crippen LogP contribution in [0.4, 0.5) is 0 Å². The van der Waals surface area contributed by atoms with Gasteiger partial charge in [0.1, 0.15) is 0 Å². The lowest BCUT2D eigenvalue weighted by atomic mass is 10.1. The molecular weight excluding hydrogens is 262 g/mol. The fraction of sp³-hybridized carbons (Fsp3) is 0.455. The summed E-state index contributed by atoms with van der Waals surface area (Å²) in [6.07, 6.45) is 0.227. The molecule has 1 rings (SSSR count). The van der Waals surface area contributed by atoms with E-state index in [4.69, 9.17) is 16.7 Å². The number of sulfonamides is 1. The summed E-state index contributed by atoms with van der Waals surface area (Å²) in [6, 6.07) is 6.71. The molecule has 0 saturated carbocycles. The van der Waals surface area contributed by atoms with Crippen molar-refractivity contribution in [3.63, 3.8) is 0 Å². The van der Waals surface area contributed by atoms with Crippen LogP contribution in [0, 0.1) is 0 Å². The van der Waals surface area contributed by atoms with E-state index in [2.05, 4.69) is 4.72 Å². The van der Waals surface area contributed by atoms with Gasteiger partial charge in [-0.15, -0.1) is 0 Å². The third-order valence-electron chi connectivity index (χ3n) is 2.30. The van der Waals surface area contributed by atoms with Crippen LogP contribution >= 0.6 is 11.6 Å².